The zero-order valence-electron chi connectivity index (χ0n) is 18.0. The molecular formula is C26H17ClF2N4OS. The number of alkyl halides is 2. The summed E-state index contributed by atoms with van der Waals surface area (Å²) in [5.41, 5.74) is 1.38. The number of rotatable bonds is 6. The van der Waals surface area contributed by atoms with Gasteiger partial charge in [0.25, 0.3) is 12.3 Å². The molecule has 0 saturated heterocycles. The molecule has 5 aromatic rings. The first-order valence-corrected chi connectivity index (χ1v) is 11.7. The topological polar surface area (TPSA) is 59.3 Å². The number of amides is 1. The number of benzene rings is 3. The highest BCUT2D eigenvalue weighted by Crippen LogP contribution is 2.34. The van der Waals surface area contributed by atoms with Crippen molar-refractivity contribution in [3.63, 3.8) is 0 Å². The smallest absolute Gasteiger partial charge is 0.280 e. The van der Waals surface area contributed by atoms with Gasteiger partial charge in [0.2, 0.25) is 0 Å². The molecule has 5 rings (SSSR count). The minimum atomic E-state index is -2.80. The Labute approximate surface area is 208 Å². The Morgan fingerprint density at radius 2 is 1.69 bits per heavy atom. The van der Waals surface area contributed by atoms with Crippen molar-refractivity contribution >= 4 is 40.6 Å². The fourth-order valence-electron chi connectivity index (χ4n) is 3.54. The van der Waals surface area contributed by atoms with Crippen molar-refractivity contribution in [1.82, 2.24) is 14.6 Å². The average molecular weight is 507 g/mol. The van der Waals surface area contributed by atoms with E-state index < -0.39 is 12.3 Å². The second-order valence-corrected chi connectivity index (χ2v) is 9.08. The summed E-state index contributed by atoms with van der Waals surface area (Å²) < 4.78 is 28.7. The van der Waals surface area contributed by atoms with Crippen LogP contribution in [0.2, 0.25) is 5.02 Å². The van der Waals surface area contributed by atoms with Crippen LogP contribution in [0.15, 0.2) is 101 Å². The van der Waals surface area contributed by atoms with Crippen molar-refractivity contribution in [2.75, 3.05) is 5.32 Å². The molecule has 9 heteroatoms. The summed E-state index contributed by atoms with van der Waals surface area (Å²) >= 11 is 7.44. The quantitative estimate of drug-likeness (QED) is 0.261. The fraction of sp³-hybridized carbons (Fsp3) is 0.0385. The normalized spacial score (nSPS) is 11.2. The van der Waals surface area contributed by atoms with E-state index in [1.807, 2.05) is 30.3 Å². The van der Waals surface area contributed by atoms with E-state index in [9.17, 15) is 13.6 Å². The molecule has 0 atom stereocenters. The minimum Gasteiger partial charge on any atom is -0.321 e. The maximum absolute atomic E-state index is 13.8. The van der Waals surface area contributed by atoms with Crippen LogP contribution in [0, 0.1) is 0 Å². The van der Waals surface area contributed by atoms with E-state index in [-0.39, 0.29) is 16.9 Å². The second-order valence-electron chi connectivity index (χ2n) is 7.53. The fourth-order valence-corrected chi connectivity index (χ4v) is 4.56. The number of nitrogens with one attached hydrogen (secondary N) is 1. The number of hydrogen-bond donors (Lipinski definition) is 1. The molecule has 0 aliphatic rings. The Morgan fingerprint density at radius 1 is 0.971 bits per heavy atom. The number of carbonyl (C=O) groups is 1. The molecule has 0 saturated carbocycles. The maximum Gasteiger partial charge on any atom is 0.280 e. The summed E-state index contributed by atoms with van der Waals surface area (Å²) in [6.07, 6.45) is -1.54. The van der Waals surface area contributed by atoms with Crippen molar-refractivity contribution in [2.24, 2.45) is 0 Å². The van der Waals surface area contributed by atoms with Crippen LogP contribution in [0.1, 0.15) is 22.5 Å². The molecule has 0 spiro atoms. The van der Waals surface area contributed by atoms with Crippen molar-refractivity contribution in [3.8, 4) is 11.3 Å². The molecule has 0 aliphatic heterocycles. The number of anilines is 1. The third-order valence-corrected chi connectivity index (χ3v) is 6.55. The standard InChI is InChI=1S/C26H17ClF2N4OS/c27-17-10-12-18(13-11-17)35-23-9-5-4-8-20(23)32-26(34)19-15-30-33-22(24(28)29)14-21(31-25(19)33)16-6-2-1-3-7-16/h1-15,24H,(H,32,34). The van der Waals surface area contributed by atoms with Gasteiger partial charge < -0.3 is 5.32 Å². The van der Waals surface area contributed by atoms with E-state index >= 15 is 0 Å². The summed E-state index contributed by atoms with van der Waals surface area (Å²) in [7, 11) is 0. The predicted molar refractivity (Wildman–Crippen MR) is 133 cm³/mol. The van der Waals surface area contributed by atoms with Gasteiger partial charge in [-0.1, -0.05) is 65.8 Å². The molecule has 2 heterocycles. The van der Waals surface area contributed by atoms with Gasteiger partial charge >= 0.3 is 0 Å². The van der Waals surface area contributed by atoms with E-state index in [4.69, 9.17) is 11.6 Å². The Kier molecular flexibility index (Phi) is 6.48. The van der Waals surface area contributed by atoms with Crippen LogP contribution >= 0.6 is 23.4 Å². The van der Waals surface area contributed by atoms with Gasteiger partial charge in [0, 0.05) is 20.4 Å². The first-order valence-electron chi connectivity index (χ1n) is 10.6. The van der Waals surface area contributed by atoms with Crippen LogP contribution < -0.4 is 5.32 Å². The monoisotopic (exact) mass is 506 g/mol. The number of halogens is 3. The Bertz CT molecular complexity index is 1510. The molecule has 0 aliphatic carbocycles. The van der Waals surface area contributed by atoms with Gasteiger partial charge in [0.1, 0.15) is 11.3 Å². The van der Waals surface area contributed by atoms with Crippen LogP contribution in [-0.2, 0) is 0 Å². The summed E-state index contributed by atoms with van der Waals surface area (Å²) in [4.78, 5) is 19.5. The van der Waals surface area contributed by atoms with Crippen LogP contribution in [-0.4, -0.2) is 20.5 Å². The van der Waals surface area contributed by atoms with Crippen molar-refractivity contribution < 1.29 is 13.6 Å². The average Bonchev–Trinajstić information content (AvgIpc) is 3.30. The first kappa shape index (κ1) is 23.0. The maximum atomic E-state index is 13.8. The number of aromatic nitrogens is 3. The molecule has 0 radical (unpaired) electrons. The summed E-state index contributed by atoms with van der Waals surface area (Å²) in [6, 6.07) is 24.9. The van der Waals surface area contributed by atoms with E-state index in [0.717, 1.165) is 14.3 Å². The number of nitrogens with zero attached hydrogens (tertiary/aromatic N) is 3. The summed E-state index contributed by atoms with van der Waals surface area (Å²) in [5, 5.41) is 7.54. The second kappa shape index (κ2) is 9.85. The highest BCUT2D eigenvalue weighted by molar-refractivity contribution is 7.99. The van der Waals surface area contributed by atoms with E-state index in [2.05, 4.69) is 15.4 Å². The third-order valence-electron chi connectivity index (χ3n) is 5.21. The number of para-hydroxylation sites is 1. The minimum absolute atomic E-state index is 0.0574. The molecule has 35 heavy (non-hydrogen) atoms. The van der Waals surface area contributed by atoms with Gasteiger partial charge in [-0.05, 0) is 42.5 Å². The van der Waals surface area contributed by atoms with Gasteiger partial charge in [-0.15, -0.1) is 0 Å². The molecule has 3 aromatic carbocycles. The van der Waals surface area contributed by atoms with E-state index in [0.29, 0.717) is 22.0 Å². The van der Waals surface area contributed by atoms with Gasteiger partial charge in [0.15, 0.2) is 5.65 Å². The molecule has 0 fully saturated rings. The Balaban J connectivity index is 1.50. The summed E-state index contributed by atoms with van der Waals surface area (Å²) in [5.74, 6) is -0.498. The van der Waals surface area contributed by atoms with Gasteiger partial charge in [-0.3, -0.25) is 4.79 Å². The Hall–Kier alpha value is -3.75. The first-order chi connectivity index (χ1) is 17.0. The predicted octanol–water partition coefficient (Wildman–Crippen LogP) is 7.39. The zero-order chi connectivity index (χ0) is 24.4. The molecule has 1 amide bonds. The number of carbonyl (C=O) groups excluding carboxylic acids is 1. The lowest BCUT2D eigenvalue weighted by Gasteiger charge is -2.11. The van der Waals surface area contributed by atoms with E-state index in [1.165, 1.54) is 24.0 Å². The SMILES string of the molecule is O=C(Nc1ccccc1Sc1ccc(Cl)cc1)c1cnn2c(C(F)F)cc(-c3ccccc3)nc12. The number of fused-ring (bicyclic) bond motifs is 1. The molecule has 0 bridgehead atoms. The van der Waals surface area contributed by atoms with Crippen molar-refractivity contribution in [2.45, 2.75) is 16.2 Å². The van der Waals surface area contributed by atoms with Crippen LogP contribution in [0.3, 0.4) is 0 Å². The molecule has 174 valence electrons. The molecule has 1 N–H and O–H groups in total. The van der Waals surface area contributed by atoms with Crippen LogP contribution in [0.25, 0.3) is 16.9 Å². The summed E-state index contributed by atoms with van der Waals surface area (Å²) in [6.45, 7) is 0. The van der Waals surface area contributed by atoms with Gasteiger partial charge in [-0.2, -0.15) is 5.10 Å². The zero-order valence-corrected chi connectivity index (χ0v) is 19.6. The molecule has 2 aromatic heterocycles. The molecule has 5 nitrogen and oxygen atoms in total. The Morgan fingerprint density at radius 3 is 2.43 bits per heavy atom. The van der Waals surface area contributed by atoms with Crippen LogP contribution in [0.5, 0.6) is 0 Å². The highest BCUT2D eigenvalue weighted by atomic mass is 35.5. The van der Waals surface area contributed by atoms with Gasteiger partial charge in [0.05, 0.1) is 17.6 Å². The van der Waals surface area contributed by atoms with Crippen molar-refractivity contribution in [3.05, 3.63) is 107 Å². The lowest BCUT2D eigenvalue weighted by atomic mass is 10.1. The highest BCUT2D eigenvalue weighted by Gasteiger charge is 2.22. The van der Waals surface area contributed by atoms with Gasteiger partial charge in [-0.25, -0.2) is 18.3 Å². The molecule has 0 unspecified atom stereocenters. The lowest BCUT2D eigenvalue weighted by molar-refractivity contribution is 0.102. The van der Waals surface area contributed by atoms with Crippen LogP contribution in [0.4, 0.5) is 14.5 Å². The van der Waals surface area contributed by atoms with E-state index in [1.54, 1.807) is 48.5 Å². The number of hydrogen-bond acceptors (Lipinski definition) is 4. The van der Waals surface area contributed by atoms with Crippen molar-refractivity contribution in [1.29, 1.82) is 0 Å². The largest absolute Gasteiger partial charge is 0.321 e. The lowest BCUT2D eigenvalue weighted by Crippen LogP contribution is -2.13. The molecular weight excluding hydrogens is 490 g/mol. The third kappa shape index (κ3) is 4.89.